The van der Waals surface area contributed by atoms with Crippen molar-refractivity contribution in [2.24, 2.45) is 23.5 Å². The molecule has 3 N–H and O–H groups in total. The van der Waals surface area contributed by atoms with Crippen LogP contribution in [0.25, 0.3) is 0 Å². The molecule has 2 saturated carbocycles. The molecular formula is C11H17NO3. The second-order valence-electron chi connectivity index (χ2n) is 5.36. The normalized spacial score (nSPS) is 57.8. The number of rotatable bonds is 0. The second kappa shape index (κ2) is 2.74. The third-order valence-electron chi connectivity index (χ3n) is 4.66. The van der Waals surface area contributed by atoms with E-state index in [4.69, 9.17) is 10.5 Å². The van der Waals surface area contributed by atoms with Crippen LogP contribution in [0.4, 0.5) is 0 Å². The van der Waals surface area contributed by atoms with Crippen LogP contribution in [0.2, 0.25) is 0 Å². The molecule has 4 nitrogen and oxygen atoms in total. The van der Waals surface area contributed by atoms with Crippen molar-refractivity contribution in [1.82, 2.24) is 0 Å². The molecule has 3 aliphatic rings. The van der Waals surface area contributed by atoms with E-state index in [0.717, 1.165) is 19.3 Å². The van der Waals surface area contributed by atoms with Crippen molar-refractivity contribution in [3.8, 4) is 0 Å². The first-order valence-corrected chi connectivity index (χ1v) is 5.73. The number of carbonyl (C=O) groups excluding carboxylic acids is 1. The molecule has 0 spiro atoms. The highest BCUT2D eigenvalue weighted by atomic mass is 16.6. The smallest absolute Gasteiger partial charge is 0.314 e. The Balaban J connectivity index is 2.05. The molecule has 1 heterocycles. The average Bonchev–Trinajstić information content (AvgIpc) is 2.59. The van der Waals surface area contributed by atoms with Crippen LogP contribution in [-0.2, 0) is 9.53 Å². The van der Waals surface area contributed by atoms with Gasteiger partial charge in [0.25, 0.3) is 0 Å². The minimum absolute atomic E-state index is 0.203. The van der Waals surface area contributed by atoms with Gasteiger partial charge in [-0.3, -0.25) is 4.79 Å². The zero-order chi connectivity index (χ0) is 10.8. The molecular weight excluding hydrogens is 194 g/mol. The van der Waals surface area contributed by atoms with Gasteiger partial charge >= 0.3 is 5.97 Å². The van der Waals surface area contributed by atoms with E-state index in [1.807, 2.05) is 0 Å². The van der Waals surface area contributed by atoms with Gasteiger partial charge < -0.3 is 15.6 Å². The summed E-state index contributed by atoms with van der Waals surface area (Å²) >= 11 is 0. The van der Waals surface area contributed by atoms with Gasteiger partial charge in [0.1, 0.15) is 17.6 Å². The van der Waals surface area contributed by atoms with Crippen LogP contribution in [0.3, 0.4) is 0 Å². The fourth-order valence-corrected chi connectivity index (χ4v) is 3.79. The van der Waals surface area contributed by atoms with Gasteiger partial charge in [0, 0.05) is 6.04 Å². The lowest BCUT2D eigenvalue weighted by Crippen LogP contribution is -2.59. The Hall–Kier alpha value is -0.610. The van der Waals surface area contributed by atoms with Crippen molar-refractivity contribution in [2.75, 3.05) is 0 Å². The van der Waals surface area contributed by atoms with Gasteiger partial charge in [0.2, 0.25) is 0 Å². The lowest BCUT2D eigenvalue weighted by molar-refractivity contribution is -0.146. The maximum atomic E-state index is 11.7. The van der Waals surface area contributed by atoms with Crippen LogP contribution in [0, 0.1) is 17.8 Å². The summed E-state index contributed by atoms with van der Waals surface area (Å²) in [6.45, 7) is 2.06. The van der Waals surface area contributed by atoms with Gasteiger partial charge in [-0.1, -0.05) is 6.92 Å². The summed E-state index contributed by atoms with van der Waals surface area (Å²) in [5.41, 5.74) is 5.08. The van der Waals surface area contributed by atoms with Crippen LogP contribution >= 0.6 is 0 Å². The first kappa shape index (κ1) is 9.60. The predicted molar refractivity (Wildman–Crippen MR) is 52.8 cm³/mol. The topological polar surface area (TPSA) is 72.5 Å². The molecule has 0 aromatic heterocycles. The van der Waals surface area contributed by atoms with Crippen molar-refractivity contribution in [2.45, 2.75) is 43.9 Å². The zero-order valence-electron chi connectivity index (χ0n) is 8.85. The lowest BCUT2D eigenvalue weighted by atomic mass is 9.64. The van der Waals surface area contributed by atoms with Gasteiger partial charge in [-0.25, -0.2) is 0 Å². The van der Waals surface area contributed by atoms with E-state index in [9.17, 15) is 9.90 Å². The van der Waals surface area contributed by atoms with E-state index in [1.165, 1.54) is 0 Å². The standard InChI is InChI=1S/C11H17NO3/c1-5-4-6-2-3-7-11(6,14)8(9(5)12)10(13)15-7/h5-9,14H,2-4,12H2,1H3/t5-,6+,7+,8+,9+,11+/m0/s1. The molecule has 3 rings (SSSR count). The number of nitrogens with two attached hydrogens (primary N) is 1. The van der Waals surface area contributed by atoms with Crippen molar-refractivity contribution in [1.29, 1.82) is 0 Å². The molecule has 2 aliphatic carbocycles. The van der Waals surface area contributed by atoms with Crippen LogP contribution in [0.5, 0.6) is 0 Å². The largest absolute Gasteiger partial charge is 0.459 e. The number of aliphatic hydroxyl groups is 1. The number of hydrogen-bond donors (Lipinski definition) is 2. The Morgan fingerprint density at radius 2 is 2.27 bits per heavy atom. The van der Waals surface area contributed by atoms with Crippen LogP contribution in [-0.4, -0.2) is 28.8 Å². The molecule has 4 heteroatoms. The fraction of sp³-hybridized carbons (Fsp3) is 0.909. The third kappa shape index (κ3) is 0.967. The Labute approximate surface area is 88.8 Å². The predicted octanol–water partition coefficient (Wildman–Crippen LogP) is 0.0362. The molecule has 84 valence electrons. The summed E-state index contributed by atoms with van der Waals surface area (Å²) in [6.07, 6.45) is 2.38. The first-order valence-electron chi connectivity index (χ1n) is 5.73. The third-order valence-corrected chi connectivity index (χ3v) is 4.66. The summed E-state index contributed by atoms with van der Waals surface area (Å²) in [6, 6.07) is -0.248. The molecule has 0 bridgehead atoms. The Kier molecular flexibility index (Phi) is 1.75. The monoisotopic (exact) mass is 211 g/mol. The number of ether oxygens (including phenoxy) is 1. The minimum atomic E-state index is -0.955. The highest BCUT2D eigenvalue weighted by Crippen LogP contribution is 2.54. The van der Waals surface area contributed by atoms with E-state index in [-0.39, 0.29) is 24.0 Å². The highest BCUT2D eigenvalue weighted by molar-refractivity contribution is 5.78. The fourth-order valence-electron chi connectivity index (χ4n) is 3.79. The molecule has 3 fully saturated rings. The Morgan fingerprint density at radius 1 is 1.53 bits per heavy atom. The van der Waals surface area contributed by atoms with E-state index in [2.05, 4.69) is 6.92 Å². The summed E-state index contributed by atoms with van der Waals surface area (Å²) < 4.78 is 5.25. The molecule has 0 aromatic carbocycles. The van der Waals surface area contributed by atoms with Gasteiger partial charge in [-0.15, -0.1) is 0 Å². The van der Waals surface area contributed by atoms with E-state index in [1.54, 1.807) is 0 Å². The molecule has 1 aliphatic heterocycles. The van der Waals surface area contributed by atoms with E-state index >= 15 is 0 Å². The SMILES string of the molecule is C[C@H]1C[C@H]2CC[C@H]3OC(=O)[C@@H]([C@@H]1N)[C@@]23O. The van der Waals surface area contributed by atoms with Crippen molar-refractivity contribution in [3.63, 3.8) is 0 Å². The summed E-state index contributed by atoms with van der Waals surface area (Å²) in [5, 5.41) is 10.6. The van der Waals surface area contributed by atoms with Crippen LogP contribution in [0.1, 0.15) is 26.2 Å². The van der Waals surface area contributed by atoms with Gasteiger partial charge in [0.05, 0.1) is 0 Å². The molecule has 0 unspecified atom stereocenters. The van der Waals surface area contributed by atoms with Crippen LogP contribution < -0.4 is 5.73 Å². The van der Waals surface area contributed by atoms with Crippen molar-refractivity contribution in [3.05, 3.63) is 0 Å². The first-order chi connectivity index (χ1) is 7.05. The van der Waals surface area contributed by atoms with E-state index in [0.29, 0.717) is 5.92 Å². The minimum Gasteiger partial charge on any atom is -0.459 e. The molecule has 15 heavy (non-hydrogen) atoms. The summed E-state index contributed by atoms with van der Waals surface area (Å²) in [5.74, 6) is -0.275. The maximum Gasteiger partial charge on any atom is 0.314 e. The average molecular weight is 211 g/mol. The molecule has 0 amide bonds. The Bertz CT molecular complexity index is 319. The van der Waals surface area contributed by atoms with Gasteiger partial charge in [-0.2, -0.15) is 0 Å². The molecule has 1 saturated heterocycles. The summed E-state index contributed by atoms with van der Waals surface area (Å²) in [4.78, 5) is 11.7. The molecule has 0 radical (unpaired) electrons. The zero-order valence-corrected chi connectivity index (χ0v) is 8.85. The molecule has 0 aromatic rings. The number of carbonyl (C=O) groups is 1. The van der Waals surface area contributed by atoms with Gasteiger partial charge in [-0.05, 0) is 31.1 Å². The number of hydrogen-bond acceptors (Lipinski definition) is 4. The van der Waals surface area contributed by atoms with E-state index < -0.39 is 11.5 Å². The summed E-state index contributed by atoms with van der Waals surface area (Å²) in [7, 11) is 0. The van der Waals surface area contributed by atoms with Crippen LogP contribution in [0.15, 0.2) is 0 Å². The second-order valence-corrected chi connectivity index (χ2v) is 5.36. The number of esters is 1. The lowest BCUT2D eigenvalue weighted by Gasteiger charge is -2.43. The maximum absolute atomic E-state index is 11.7. The van der Waals surface area contributed by atoms with Crippen molar-refractivity contribution < 1.29 is 14.6 Å². The van der Waals surface area contributed by atoms with Gasteiger partial charge in [0.15, 0.2) is 0 Å². The van der Waals surface area contributed by atoms with Crippen molar-refractivity contribution >= 4 is 5.97 Å². The highest BCUT2D eigenvalue weighted by Gasteiger charge is 2.67. The quantitative estimate of drug-likeness (QED) is 0.555. The Morgan fingerprint density at radius 3 is 3.00 bits per heavy atom. The molecule has 6 atom stereocenters.